The summed E-state index contributed by atoms with van der Waals surface area (Å²) in [6, 6.07) is 14.9. The van der Waals surface area contributed by atoms with Crippen LogP contribution in [0.2, 0.25) is 0 Å². The summed E-state index contributed by atoms with van der Waals surface area (Å²) >= 11 is 0. The molecular weight excluding hydrogens is 380 g/mol. The van der Waals surface area contributed by atoms with E-state index in [1.165, 1.54) is 4.80 Å². The first-order valence-electron chi connectivity index (χ1n) is 10.1. The number of nitrogens with zero attached hydrogens (tertiary/aromatic N) is 4. The zero-order valence-electron chi connectivity index (χ0n) is 16.8. The van der Waals surface area contributed by atoms with Crippen molar-refractivity contribution >= 4 is 17.5 Å². The summed E-state index contributed by atoms with van der Waals surface area (Å²) in [5.41, 5.74) is 2.72. The molecule has 0 spiro atoms. The third-order valence-electron chi connectivity index (χ3n) is 5.26. The van der Waals surface area contributed by atoms with Crippen LogP contribution >= 0.6 is 0 Å². The van der Waals surface area contributed by atoms with Crippen LogP contribution in [0.3, 0.4) is 0 Å². The Morgan fingerprint density at radius 2 is 1.80 bits per heavy atom. The predicted octanol–water partition coefficient (Wildman–Crippen LogP) is 2.96. The number of rotatable bonds is 6. The van der Waals surface area contributed by atoms with E-state index in [-0.39, 0.29) is 24.4 Å². The first-order chi connectivity index (χ1) is 14.6. The first-order valence-corrected chi connectivity index (χ1v) is 10.1. The molecule has 0 atom stereocenters. The lowest BCUT2D eigenvalue weighted by Crippen LogP contribution is -2.35. The minimum atomic E-state index is -0.205. The van der Waals surface area contributed by atoms with E-state index in [1.807, 2.05) is 43.3 Å². The average molecular weight is 404 g/mol. The number of aryl methyl sites for hydroxylation is 1. The Balaban J connectivity index is 1.48. The minimum Gasteiger partial charge on any atom is -0.352 e. The highest BCUT2D eigenvalue weighted by Crippen LogP contribution is 2.25. The number of carbonyl (C=O) groups is 2. The van der Waals surface area contributed by atoms with Crippen LogP contribution in [-0.4, -0.2) is 38.1 Å². The van der Waals surface area contributed by atoms with Crippen molar-refractivity contribution in [1.29, 1.82) is 0 Å². The van der Waals surface area contributed by atoms with Gasteiger partial charge in [0.1, 0.15) is 6.54 Å². The molecule has 30 heavy (non-hydrogen) atoms. The molecule has 2 N–H and O–H groups in total. The van der Waals surface area contributed by atoms with Gasteiger partial charge in [-0.2, -0.15) is 4.80 Å². The number of para-hydroxylation sites is 1. The second-order valence-electron chi connectivity index (χ2n) is 7.51. The summed E-state index contributed by atoms with van der Waals surface area (Å²) in [6.07, 6.45) is 4.36. The Bertz CT molecular complexity index is 1060. The van der Waals surface area contributed by atoms with E-state index in [2.05, 4.69) is 26.0 Å². The van der Waals surface area contributed by atoms with Crippen LogP contribution in [0.1, 0.15) is 41.6 Å². The monoisotopic (exact) mass is 404 g/mol. The van der Waals surface area contributed by atoms with Crippen molar-refractivity contribution < 1.29 is 9.59 Å². The molecule has 1 aliphatic carbocycles. The Labute approximate surface area is 174 Å². The first kappa shape index (κ1) is 19.8. The molecule has 154 valence electrons. The van der Waals surface area contributed by atoms with E-state index in [0.717, 1.165) is 31.2 Å². The Kier molecular flexibility index (Phi) is 5.83. The molecule has 1 aliphatic rings. The van der Waals surface area contributed by atoms with Gasteiger partial charge in [-0.3, -0.25) is 9.59 Å². The van der Waals surface area contributed by atoms with Crippen LogP contribution in [0.5, 0.6) is 0 Å². The molecule has 1 fully saturated rings. The molecule has 0 radical (unpaired) electrons. The number of hydrogen-bond acceptors (Lipinski definition) is 5. The van der Waals surface area contributed by atoms with Crippen molar-refractivity contribution in [3.05, 3.63) is 59.7 Å². The van der Waals surface area contributed by atoms with Gasteiger partial charge in [0.15, 0.2) is 0 Å². The van der Waals surface area contributed by atoms with Gasteiger partial charge in [0.25, 0.3) is 5.91 Å². The van der Waals surface area contributed by atoms with Crippen LogP contribution in [0.25, 0.3) is 11.4 Å². The van der Waals surface area contributed by atoms with Crippen molar-refractivity contribution in [2.45, 2.75) is 45.2 Å². The molecule has 4 rings (SSSR count). The summed E-state index contributed by atoms with van der Waals surface area (Å²) in [4.78, 5) is 26.2. The maximum atomic E-state index is 12.7. The number of nitrogens with one attached hydrogen (secondary N) is 2. The second-order valence-corrected chi connectivity index (χ2v) is 7.51. The van der Waals surface area contributed by atoms with Gasteiger partial charge in [-0.1, -0.05) is 43.2 Å². The normalized spacial score (nSPS) is 13.9. The lowest BCUT2D eigenvalue weighted by atomic mass is 10.1. The molecule has 8 nitrogen and oxygen atoms in total. The summed E-state index contributed by atoms with van der Waals surface area (Å²) < 4.78 is 0. The molecule has 8 heteroatoms. The second kappa shape index (κ2) is 8.86. The van der Waals surface area contributed by atoms with Crippen molar-refractivity contribution in [1.82, 2.24) is 25.5 Å². The molecule has 3 aromatic rings. The summed E-state index contributed by atoms with van der Waals surface area (Å²) in [5.74, 6) is 0.0280. The summed E-state index contributed by atoms with van der Waals surface area (Å²) in [5, 5.41) is 18.4. The molecule has 2 amide bonds. The molecule has 0 aliphatic heterocycles. The van der Waals surface area contributed by atoms with Gasteiger partial charge in [-0.15, -0.1) is 10.2 Å². The Hall–Kier alpha value is -3.55. The SMILES string of the molecule is Cc1ccccc1C(=O)Nc1ccccc1-c1nnn(CC(=O)NC2CCCC2)n1. The number of hydrogen-bond donors (Lipinski definition) is 2. The quantitative estimate of drug-likeness (QED) is 0.658. The molecule has 0 bridgehead atoms. The van der Waals surface area contributed by atoms with E-state index in [0.29, 0.717) is 22.6 Å². The molecule has 1 aromatic heterocycles. The molecule has 1 heterocycles. The maximum absolute atomic E-state index is 12.7. The molecule has 2 aromatic carbocycles. The fraction of sp³-hybridized carbons (Fsp3) is 0.318. The molecule has 0 unspecified atom stereocenters. The Morgan fingerprint density at radius 1 is 1.07 bits per heavy atom. The number of tetrazole rings is 1. The highest BCUT2D eigenvalue weighted by molar-refractivity contribution is 6.06. The fourth-order valence-electron chi connectivity index (χ4n) is 3.69. The van der Waals surface area contributed by atoms with E-state index in [1.54, 1.807) is 12.1 Å². The number of amides is 2. The van der Waals surface area contributed by atoms with Gasteiger partial charge in [-0.05, 0) is 48.7 Å². The molecule has 1 saturated carbocycles. The smallest absolute Gasteiger partial charge is 0.255 e. The number of anilines is 1. The van der Waals surface area contributed by atoms with Gasteiger partial charge in [-0.25, -0.2) is 0 Å². The van der Waals surface area contributed by atoms with E-state index < -0.39 is 0 Å². The third kappa shape index (κ3) is 4.53. The van der Waals surface area contributed by atoms with Gasteiger partial charge < -0.3 is 10.6 Å². The van der Waals surface area contributed by atoms with E-state index in [4.69, 9.17) is 0 Å². The van der Waals surface area contributed by atoms with Gasteiger partial charge >= 0.3 is 0 Å². The highest BCUT2D eigenvalue weighted by atomic mass is 16.2. The molecular formula is C22H24N6O2. The molecule has 0 saturated heterocycles. The fourth-order valence-corrected chi connectivity index (χ4v) is 3.69. The summed E-state index contributed by atoms with van der Waals surface area (Å²) in [7, 11) is 0. The van der Waals surface area contributed by atoms with Crippen LogP contribution in [0.4, 0.5) is 5.69 Å². The number of aromatic nitrogens is 4. The lowest BCUT2D eigenvalue weighted by Gasteiger charge is -2.11. The minimum absolute atomic E-state index is 0.0151. The maximum Gasteiger partial charge on any atom is 0.255 e. The Morgan fingerprint density at radius 3 is 2.60 bits per heavy atom. The van der Waals surface area contributed by atoms with Crippen molar-refractivity contribution in [2.24, 2.45) is 0 Å². The van der Waals surface area contributed by atoms with E-state index >= 15 is 0 Å². The van der Waals surface area contributed by atoms with Crippen molar-refractivity contribution in [2.75, 3.05) is 5.32 Å². The van der Waals surface area contributed by atoms with Crippen LogP contribution in [0.15, 0.2) is 48.5 Å². The van der Waals surface area contributed by atoms with Crippen molar-refractivity contribution in [3.63, 3.8) is 0 Å². The topological polar surface area (TPSA) is 102 Å². The average Bonchev–Trinajstić information content (AvgIpc) is 3.41. The zero-order valence-corrected chi connectivity index (χ0v) is 16.8. The highest BCUT2D eigenvalue weighted by Gasteiger charge is 2.19. The third-order valence-corrected chi connectivity index (χ3v) is 5.26. The van der Waals surface area contributed by atoms with Crippen LogP contribution < -0.4 is 10.6 Å². The number of carbonyl (C=O) groups excluding carboxylic acids is 2. The lowest BCUT2D eigenvalue weighted by molar-refractivity contribution is -0.122. The number of benzene rings is 2. The van der Waals surface area contributed by atoms with Crippen LogP contribution in [-0.2, 0) is 11.3 Å². The van der Waals surface area contributed by atoms with Crippen LogP contribution in [0, 0.1) is 6.92 Å². The largest absolute Gasteiger partial charge is 0.352 e. The van der Waals surface area contributed by atoms with Gasteiger partial charge in [0.2, 0.25) is 11.7 Å². The van der Waals surface area contributed by atoms with E-state index in [9.17, 15) is 9.59 Å². The van der Waals surface area contributed by atoms with Gasteiger partial charge in [0, 0.05) is 17.2 Å². The predicted molar refractivity (Wildman–Crippen MR) is 113 cm³/mol. The zero-order chi connectivity index (χ0) is 20.9. The van der Waals surface area contributed by atoms with Gasteiger partial charge in [0.05, 0.1) is 5.69 Å². The van der Waals surface area contributed by atoms with Crippen molar-refractivity contribution in [3.8, 4) is 11.4 Å². The summed E-state index contributed by atoms with van der Waals surface area (Å²) in [6.45, 7) is 1.91. The standard InChI is InChI=1S/C22H24N6O2/c1-15-8-2-5-11-17(15)22(30)24-19-13-7-6-12-18(19)21-25-27-28(26-21)14-20(29)23-16-9-3-4-10-16/h2,5-8,11-13,16H,3-4,9-10,14H2,1H3,(H,23,29)(H,24,30).